The van der Waals surface area contributed by atoms with Gasteiger partial charge in [-0.15, -0.1) is 0 Å². The standard InChI is InChI=1S/C24H28N2O4/c1-25-10-12-26(13-11-25)9-3-2-4-17-5-7-18(8-6-17)22-16-21(29)24-20(28)14-19(27)15-23(24)30-22/h5-8,14-16,27-28H,2-4,9-13H2,1H3. The molecule has 1 aliphatic rings. The maximum absolute atomic E-state index is 12.4. The molecule has 2 aromatic carbocycles. The number of phenolic OH excluding ortho intramolecular Hbond substituents is 2. The Kier molecular flexibility index (Phi) is 6.06. The number of rotatable bonds is 6. The van der Waals surface area contributed by atoms with Crippen molar-refractivity contribution in [1.29, 1.82) is 0 Å². The third-order valence-corrected chi connectivity index (χ3v) is 5.82. The largest absolute Gasteiger partial charge is 0.508 e. The Labute approximate surface area is 176 Å². The van der Waals surface area contributed by atoms with Crippen molar-refractivity contribution >= 4 is 11.0 Å². The summed E-state index contributed by atoms with van der Waals surface area (Å²) in [7, 11) is 2.18. The number of unbranched alkanes of at least 4 members (excludes halogenated alkanes) is 1. The van der Waals surface area contributed by atoms with Crippen LogP contribution in [0.25, 0.3) is 22.3 Å². The number of phenols is 2. The quantitative estimate of drug-likeness (QED) is 0.609. The minimum absolute atomic E-state index is 0.0773. The predicted octanol–water partition coefficient (Wildman–Crippen LogP) is 3.44. The van der Waals surface area contributed by atoms with Gasteiger partial charge in [0.2, 0.25) is 0 Å². The summed E-state index contributed by atoms with van der Waals surface area (Å²) in [5, 5.41) is 19.7. The molecular formula is C24H28N2O4. The van der Waals surface area contributed by atoms with Crippen LogP contribution in [0.1, 0.15) is 18.4 Å². The van der Waals surface area contributed by atoms with Gasteiger partial charge in [0.25, 0.3) is 0 Å². The fourth-order valence-electron chi connectivity index (χ4n) is 3.97. The normalized spacial score (nSPS) is 15.6. The van der Waals surface area contributed by atoms with Gasteiger partial charge in [-0.25, -0.2) is 0 Å². The monoisotopic (exact) mass is 408 g/mol. The first-order chi connectivity index (χ1) is 14.5. The highest BCUT2D eigenvalue weighted by molar-refractivity contribution is 5.85. The first-order valence-corrected chi connectivity index (χ1v) is 10.5. The molecule has 6 heteroatoms. The highest BCUT2D eigenvalue weighted by Gasteiger charge is 2.13. The topological polar surface area (TPSA) is 77.2 Å². The lowest BCUT2D eigenvalue weighted by molar-refractivity contribution is 0.152. The second-order valence-electron chi connectivity index (χ2n) is 8.11. The molecule has 2 heterocycles. The summed E-state index contributed by atoms with van der Waals surface area (Å²) in [5.41, 5.74) is 1.88. The van der Waals surface area contributed by atoms with Crippen molar-refractivity contribution < 1.29 is 14.6 Å². The van der Waals surface area contributed by atoms with E-state index in [0.717, 1.165) is 57.2 Å². The highest BCUT2D eigenvalue weighted by atomic mass is 16.3. The summed E-state index contributed by atoms with van der Waals surface area (Å²) in [6.07, 6.45) is 3.37. The van der Waals surface area contributed by atoms with Crippen LogP contribution in [0.5, 0.6) is 11.5 Å². The van der Waals surface area contributed by atoms with Gasteiger partial charge in [0, 0.05) is 49.9 Å². The number of likely N-dealkylation sites (N-methyl/N-ethyl adjacent to an activating group) is 1. The number of hydrogen-bond acceptors (Lipinski definition) is 6. The van der Waals surface area contributed by atoms with Gasteiger partial charge >= 0.3 is 0 Å². The minimum Gasteiger partial charge on any atom is -0.508 e. The van der Waals surface area contributed by atoms with Gasteiger partial charge in [-0.3, -0.25) is 4.79 Å². The number of hydrogen-bond donors (Lipinski definition) is 2. The van der Waals surface area contributed by atoms with Crippen LogP contribution in [0.3, 0.4) is 0 Å². The molecule has 0 bridgehead atoms. The lowest BCUT2D eigenvalue weighted by Crippen LogP contribution is -2.44. The molecule has 6 nitrogen and oxygen atoms in total. The minimum atomic E-state index is -0.336. The summed E-state index contributed by atoms with van der Waals surface area (Å²) >= 11 is 0. The van der Waals surface area contributed by atoms with Crippen molar-refractivity contribution in [2.45, 2.75) is 19.3 Å². The van der Waals surface area contributed by atoms with E-state index in [1.54, 1.807) is 0 Å². The first-order valence-electron chi connectivity index (χ1n) is 10.5. The number of piperazine rings is 1. The Morgan fingerprint density at radius 3 is 2.43 bits per heavy atom. The van der Waals surface area contributed by atoms with Crippen LogP contribution in [0.2, 0.25) is 0 Å². The Balaban J connectivity index is 1.38. The van der Waals surface area contributed by atoms with Gasteiger partial charge in [0.1, 0.15) is 28.2 Å². The highest BCUT2D eigenvalue weighted by Crippen LogP contribution is 2.30. The van der Waals surface area contributed by atoms with E-state index in [4.69, 9.17) is 4.42 Å². The van der Waals surface area contributed by atoms with Crippen LogP contribution < -0.4 is 5.43 Å². The molecule has 0 radical (unpaired) electrons. The second kappa shape index (κ2) is 8.90. The zero-order valence-corrected chi connectivity index (χ0v) is 17.3. The molecule has 1 fully saturated rings. The van der Waals surface area contributed by atoms with Gasteiger partial charge in [-0.05, 0) is 38.4 Å². The molecular weight excluding hydrogens is 380 g/mol. The van der Waals surface area contributed by atoms with Gasteiger partial charge in [-0.2, -0.15) is 0 Å². The zero-order chi connectivity index (χ0) is 21.1. The number of aromatic hydroxyl groups is 2. The fraction of sp³-hybridized carbons (Fsp3) is 0.375. The molecule has 1 aliphatic heterocycles. The maximum Gasteiger partial charge on any atom is 0.197 e. The summed E-state index contributed by atoms with van der Waals surface area (Å²) in [6.45, 7) is 5.81. The van der Waals surface area contributed by atoms with Crippen LogP contribution in [-0.4, -0.2) is 59.8 Å². The van der Waals surface area contributed by atoms with E-state index in [0.29, 0.717) is 5.76 Å². The summed E-state index contributed by atoms with van der Waals surface area (Å²) < 4.78 is 5.77. The molecule has 1 saturated heterocycles. The zero-order valence-electron chi connectivity index (χ0n) is 17.3. The second-order valence-corrected chi connectivity index (χ2v) is 8.11. The molecule has 158 valence electrons. The van der Waals surface area contributed by atoms with E-state index in [9.17, 15) is 15.0 Å². The molecule has 0 aliphatic carbocycles. The van der Waals surface area contributed by atoms with E-state index in [1.807, 2.05) is 12.1 Å². The lowest BCUT2D eigenvalue weighted by Gasteiger charge is -2.32. The molecule has 4 rings (SSSR count). The predicted molar refractivity (Wildman–Crippen MR) is 118 cm³/mol. The Morgan fingerprint density at radius 1 is 0.967 bits per heavy atom. The number of aryl methyl sites for hydroxylation is 1. The SMILES string of the molecule is CN1CCN(CCCCc2ccc(-c3cc(=O)c4c(O)cc(O)cc4o3)cc2)CC1. The maximum atomic E-state index is 12.4. The van der Waals surface area contributed by atoms with E-state index in [1.165, 1.54) is 24.1 Å². The molecule has 0 saturated carbocycles. The van der Waals surface area contributed by atoms with Crippen LogP contribution in [-0.2, 0) is 6.42 Å². The molecule has 0 unspecified atom stereocenters. The van der Waals surface area contributed by atoms with Crippen molar-refractivity contribution in [2.75, 3.05) is 39.8 Å². The van der Waals surface area contributed by atoms with Gasteiger partial charge < -0.3 is 24.4 Å². The average molecular weight is 408 g/mol. The van der Waals surface area contributed by atoms with Crippen LogP contribution in [0.4, 0.5) is 0 Å². The summed E-state index contributed by atoms with van der Waals surface area (Å²) in [4.78, 5) is 17.3. The van der Waals surface area contributed by atoms with Crippen LogP contribution >= 0.6 is 0 Å². The number of benzene rings is 2. The molecule has 0 spiro atoms. The van der Waals surface area contributed by atoms with Crippen molar-refractivity contribution in [3.63, 3.8) is 0 Å². The average Bonchev–Trinajstić information content (AvgIpc) is 2.72. The van der Waals surface area contributed by atoms with E-state index < -0.39 is 0 Å². The van der Waals surface area contributed by atoms with Gasteiger partial charge in [0.15, 0.2) is 5.43 Å². The summed E-state index contributed by atoms with van der Waals surface area (Å²) in [5.74, 6) is -0.0106. The van der Waals surface area contributed by atoms with Crippen molar-refractivity contribution in [1.82, 2.24) is 9.80 Å². The molecule has 1 aromatic heterocycles. The van der Waals surface area contributed by atoms with Crippen LogP contribution in [0.15, 0.2) is 51.7 Å². The summed E-state index contributed by atoms with van der Waals surface area (Å²) in [6, 6.07) is 11.9. The molecule has 2 N–H and O–H groups in total. The molecule has 30 heavy (non-hydrogen) atoms. The Morgan fingerprint density at radius 2 is 1.70 bits per heavy atom. The molecule has 3 aromatic rings. The smallest absolute Gasteiger partial charge is 0.197 e. The Bertz CT molecular complexity index is 1070. The van der Waals surface area contributed by atoms with E-state index in [-0.39, 0.29) is 27.9 Å². The lowest BCUT2D eigenvalue weighted by atomic mass is 10.0. The number of nitrogens with zero attached hydrogens (tertiary/aromatic N) is 2. The third-order valence-electron chi connectivity index (χ3n) is 5.82. The molecule has 0 amide bonds. The van der Waals surface area contributed by atoms with Crippen molar-refractivity contribution in [3.8, 4) is 22.8 Å². The third kappa shape index (κ3) is 4.66. The molecule has 0 atom stereocenters. The first kappa shape index (κ1) is 20.4. The van der Waals surface area contributed by atoms with E-state index in [2.05, 4.69) is 29.0 Å². The van der Waals surface area contributed by atoms with Gasteiger partial charge in [-0.1, -0.05) is 24.3 Å². The van der Waals surface area contributed by atoms with Crippen molar-refractivity contribution in [3.05, 3.63) is 58.3 Å². The van der Waals surface area contributed by atoms with E-state index >= 15 is 0 Å². The Hall–Kier alpha value is -2.83. The van der Waals surface area contributed by atoms with Crippen LogP contribution in [0, 0.1) is 0 Å². The van der Waals surface area contributed by atoms with Gasteiger partial charge in [0.05, 0.1) is 0 Å². The number of fused-ring (bicyclic) bond motifs is 1. The van der Waals surface area contributed by atoms with Crippen molar-refractivity contribution in [2.24, 2.45) is 0 Å². The fourth-order valence-corrected chi connectivity index (χ4v) is 3.97.